The number of alkyl halides is 1. The Bertz CT molecular complexity index is 401. The van der Waals surface area contributed by atoms with Crippen molar-refractivity contribution in [2.45, 2.75) is 40.0 Å². The molecule has 1 heterocycles. The van der Waals surface area contributed by atoms with Crippen LogP contribution in [0.4, 0.5) is 0 Å². The highest BCUT2D eigenvalue weighted by molar-refractivity contribution is 7.09. The molecule has 0 aliphatic heterocycles. The van der Waals surface area contributed by atoms with E-state index >= 15 is 0 Å². The Labute approximate surface area is 118 Å². The summed E-state index contributed by atoms with van der Waals surface area (Å²) in [6.45, 7) is 8.56. The number of nitrogens with one attached hydrogen (secondary N) is 1. The second-order valence-corrected chi connectivity index (χ2v) is 6.51. The van der Waals surface area contributed by atoms with Gasteiger partial charge in [0.05, 0.1) is 16.1 Å². The van der Waals surface area contributed by atoms with Crippen LogP contribution in [0.3, 0.4) is 0 Å². The van der Waals surface area contributed by atoms with Crippen molar-refractivity contribution < 1.29 is 4.79 Å². The third kappa shape index (κ3) is 4.25. The summed E-state index contributed by atoms with van der Waals surface area (Å²) in [6.07, 6.45) is 0.771. The quantitative estimate of drug-likeness (QED) is 0.817. The number of halogens is 1. The van der Waals surface area contributed by atoms with Crippen LogP contribution < -0.4 is 5.32 Å². The molecule has 0 atom stereocenters. The number of hydrogen-bond acceptors (Lipinski definition) is 3. The number of amides is 1. The van der Waals surface area contributed by atoms with Crippen molar-refractivity contribution in [1.29, 1.82) is 0 Å². The minimum atomic E-state index is -0.507. The Hall–Kier alpha value is -0.610. The predicted molar refractivity (Wildman–Crippen MR) is 77.4 cm³/mol. The van der Waals surface area contributed by atoms with E-state index in [-0.39, 0.29) is 5.91 Å². The van der Waals surface area contributed by atoms with Crippen LogP contribution in [0, 0.1) is 5.41 Å². The van der Waals surface area contributed by atoms with Gasteiger partial charge in [0, 0.05) is 30.1 Å². The average molecular weight is 289 g/mol. The van der Waals surface area contributed by atoms with Gasteiger partial charge < -0.3 is 5.32 Å². The number of rotatable bonds is 6. The van der Waals surface area contributed by atoms with E-state index in [9.17, 15) is 4.79 Å². The third-order valence-corrected chi connectivity index (χ3v) is 4.54. The van der Waals surface area contributed by atoms with Gasteiger partial charge in [-0.1, -0.05) is 13.8 Å². The number of aromatic nitrogens is 1. The van der Waals surface area contributed by atoms with Gasteiger partial charge in [0.25, 0.3) is 0 Å². The van der Waals surface area contributed by atoms with E-state index in [0.29, 0.717) is 18.3 Å². The molecule has 3 nitrogen and oxygen atoms in total. The van der Waals surface area contributed by atoms with Crippen molar-refractivity contribution in [1.82, 2.24) is 10.3 Å². The summed E-state index contributed by atoms with van der Waals surface area (Å²) < 4.78 is 0. The van der Waals surface area contributed by atoms with Crippen LogP contribution >= 0.6 is 22.9 Å². The molecule has 0 saturated heterocycles. The molecule has 0 unspecified atom stereocenters. The lowest BCUT2D eigenvalue weighted by molar-refractivity contribution is -0.128. The van der Waals surface area contributed by atoms with Crippen LogP contribution in [-0.4, -0.2) is 23.3 Å². The maximum Gasteiger partial charge on any atom is 0.226 e. The Morgan fingerprint density at radius 1 is 1.56 bits per heavy atom. The van der Waals surface area contributed by atoms with Gasteiger partial charge in [0.2, 0.25) is 5.91 Å². The van der Waals surface area contributed by atoms with Gasteiger partial charge in [-0.3, -0.25) is 4.79 Å². The van der Waals surface area contributed by atoms with E-state index in [4.69, 9.17) is 11.6 Å². The zero-order chi connectivity index (χ0) is 13.8. The fraction of sp³-hybridized carbons (Fsp3) is 0.692. The molecule has 1 amide bonds. The first-order chi connectivity index (χ1) is 8.36. The average Bonchev–Trinajstić information content (AvgIpc) is 2.77. The lowest BCUT2D eigenvalue weighted by Gasteiger charge is -2.20. The Balaban J connectivity index is 2.40. The number of carbonyl (C=O) groups is 1. The Morgan fingerprint density at radius 3 is 2.72 bits per heavy atom. The van der Waals surface area contributed by atoms with Gasteiger partial charge in [-0.2, -0.15) is 0 Å². The summed E-state index contributed by atoms with van der Waals surface area (Å²) in [5.74, 6) is 0.790. The molecule has 0 aromatic carbocycles. The smallest absolute Gasteiger partial charge is 0.226 e. The van der Waals surface area contributed by atoms with Crippen molar-refractivity contribution >= 4 is 28.8 Å². The molecule has 5 heteroatoms. The zero-order valence-corrected chi connectivity index (χ0v) is 13.0. The molecule has 0 spiro atoms. The maximum absolute atomic E-state index is 11.8. The van der Waals surface area contributed by atoms with Crippen LogP contribution in [0.5, 0.6) is 0 Å². The molecule has 0 fully saturated rings. The van der Waals surface area contributed by atoms with Gasteiger partial charge in [0.1, 0.15) is 0 Å². The first-order valence-electron chi connectivity index (χ1n) is 6.15. The first-order valence-corrected chi connectivity index (χ1v) is 7.57. The molecule has 0 aliphatic rings. The maximum atomic E-state index is 11.8. The van der Waals surface area contributed by atoms with E-state index in [1.54, 1.807) is 11.3 Å². The van der Waals surface area contributed by atoms with Crippen LogP contribution in [0.15, 0.2) is 5.38 Å². The topological polar surface area (TPSA) is 42.0 Å². The zero-order valence-electron chi connectivity index (χ0n) is 11.4. The Morgan fingerprint density at radius 2 is 2.22 bits per heavy atom. The highest BCUT2D eigenvalue weighted by atomic mass is 35.5. The molecule has 1 aromatic heterocycles. The second kappa shape index (κ2) is 6.53. The highest BCUT2D eigenvalue weighted by Gasteiger charge is 2.25. The van der Waals surface area contributed by atoms with Crippen LogP contribution in [0.1, 0.15) is 44.3 Å². The summed E-state index contributed by atoms with van der Waals surface area (Å²) in [7, 11) is 0. The number of carbonyl (C=O) groups excluding carboxylic acids is 1. The van der Waals surface area contributed by atoms with Gasteiger partial charge >= 0.3 is 0 Å². The minimum absolute atomic E-state index is 0.00295. The molecule has 102 valence electrons. The van der Waals surface area contributed by atoms with E-state index in [2.05, 4.69) is 29.5 Å². The molecular formula is C13H21ClN2OS. The van der Waals surface area contributed by atoms with Crippen LogP contribution in [-0.2, 0) is 11.2 Å². The molecule has 0 saturated carbocycles. The summed E-state index contributed by atoms with van der Waals surface area (Å²) in [5.41, 5.74) is 0.542. The summed E-state index contributed by atoms with van der Waals surface area (Å²) >= 11 is 7.43. The standard InChI is InChI=1S/C13H21ClN2OS/c1-9(2)11-16-10(7-18-11)5-6-15-12(17)13(3,4)8-14/h7,9H,5-6,8H2,1-4H3,(H,15,17). The van der Waals surface area contributed by atoms with E-state index in [1.807, 2.05) is 13.8 Å². The Kier molecular flexibility index (Phi) is 5.60. The monoisotopic (exact) mass is 288 g/mol. The summed E-state index contributed by atoms with van der Waals surface area (Å²) in [6, 6.07) is 0. The van der Waals surface area contributed by atoms with Crippen molar-refractivity contribution in [3.05, 3.63) is 16.1 Å². The van der Waals surface area contributed by atoms with Crippen molar-refractivity contribution in [2.24, 2.45) is 5.41 Å². The van der Waals surface area contributed by atoms with Gasteiger partial charge in [0.15, 0.2) is 0 Å². The highest BCUT2D eigenvalue weighted by Crippen LogP contribution is 2.19. The van der Waals surface area contributed by atoms with Crippen LogP contribution in [0.2, 0.25) is 0 Å². The third-order valence-electron chi connectivity index (χ3n) is 2.68. The number of thiazole rings is 1. The van der Waals surface area contributed by atoms with Crippen LogP contribution in [0.25, 0.3) is 0 Å². The number of nitrogens with zero attached hydrogens (tertiary/aromatic N) is 1. The molecule has 18 heavy (non-hydrogen) atoms. The predicted octanol–water partition coefficient (Wildman–Crippen LogP) is 3.19. The molecule has 1 N–H and O–H groups in total. The molecule has 0 aliphatic carbocycles. The minimum Gasteiger partial charge on any atom is -0.355 e. The first kappa shape index (κ1) is 15.4. The summed E-state index contributed by atoms with van der Waals surface area (Å²) in [4.78, 5) is 16.3. The largest absolute Gasteiger partial charge is 0.355 e. The van der Waals surface area contributed by atoms with E-state index in [1.165, 1.54) is 0 Å². The van der Waals surface area contributed by atoms with Gasteiger partial charge in [-0.25, -0.2) is 4.98 Å². The van der Waals surface area contributed by atoms with Crippen molar-refractivity contribution in [3.63, 3.8) is 0 Å². The van der Waals surface area contributed by atoms with Gasteiger partial charge in [-0.05, 0) is 13.8 Å². The lowest BCUT2D eigenvalue weighted by atomic mass is 9.95. The lowest BCUT2D eigenvalue weighted by Crippen LogP contribution is -2.39. The fourth-order valence-corrected chi connectivity index (χ4v) is 2.30. The molecule has 0 radical (unpaired) electrons. The van der Waals surface area contributed by atoms with Gasteiger partial charge in [-0.15, -0.1) is 22.9 Å². The van der Waals surface area contributed by atoms with Crippen molar-refractivity contribution in [3.8, 4) is 0 Å². The second-order valence-electron chi connectivity index (χ2n) is 5.36. The van der Waals surface area contributed by atoms with E-state index < -0.39 is 5.41 Å². The van der Waals surface area contributed by atoms with Crippen molar-refractivity contribution in [2.75, 3.05) is 12.4 Å². The molecule has 0 bridgehead atoms. The normalized spacial score (nSPS) is 11.9. The molecular weight excluding hydrogens is 268 g/mol. The fourth-order valence-electron chi connectivity index (χ4n) is 1.31. The SMILES string of the molecule is CC(C)c1nc(CCNC(=O)C(C)(C)CCl)cs1. The molecule has 1 aromatic rings. The summed E-state index contributed by atoms with van der Waals surface area (Å²) in [5, 5.41) is 6.12. The number of hydrogen-bond donors (Lipinski definition) is 1. The van der Waals surface area contributed by atoms with E-state index in [0.717, 1.165) is 17.1 Å². The molecule has 1 rings (SSSR count).